The summed E-state index contributed by atoms with van der Waals surface area (Å²) in [6.07, 6.45) is 1.14. The molecule has 1 N–H and O–H groups in total. The predicted molar refractivity (Wildman–Crippen MR) is 78.4 cm³/mol. The second-order valence-corrected chi connectivity index (χ2v) is 5.07. The van der Waals surface area contributed by atoms with Crippen LogP contribution in [0.1, 0.15) is 13.3 Å². The normalized spacial score (nSPS) is 19.0. The average Bonchev–Trinajstić information content (AvgIpc) is 2.92. The third-order valence-electron chi connectivity index (χ3n) is 3.80. The molecular formula is C14H21N3O3. The van der Waals surface area contributed by atoms with Crippen molar-refractivity contribution in [1.82, 2.24) is 4.90 Å². The van der Waals surface area contributed by atoms with Crippen molar-refractivity contribution in [2.24, 2.45) is 5.92 Å². The molecule has 6 heteroatoms. The molecule has 20 heavy (non-hydrogen) atoms. The SMILES string of the molecule is CCN1CCC(CNc2cc(OC)ccc2[N+](=O)[O-])C1. The Bertz CT molecular complexity index is 479. The van der Waals surface area contributed by atoms with E-state index in [1.807, 2.05) is 0 Å². The fraction of sp³-hybridized carbons (Fsp3) is 0.571. The predicted octanol–water partition coefficient (Wildman–Crippen LogP) is 2.36. The van der Waals surface area contributed by atoms with Gasteiger partial charge in [0, 0.05) is 25.2 Å². The van der Waals surface area contributed by atoms with E-state index in [4.69, 9.17) is 4.74 Å². The van der Waals surface area contributed by atoms with Crippen molar-refractivity contribution in [3.05, 3.63) is 28.3 Å². The molecule has 0 aromatic heterocycles. The smallest absolute Gasteiger partial charge is 0.292 e. The Hall–Kier alpha value is -1.82. The van der Waals surface area contributed by atoms with Crippen molar-refractivity contribution >= 4 is 11.4 Å². The van der Waals surface area contributed by atoms with Gasteiger partial charge in [-0.1, -0.05) is 6.92 Å². The lowest BCUT2D eigenvalue weighted by Gasteiger charge is -2.15. The van der Waals surface area contributed by atoms with Crippen molar-refractivity contribution in [1.29, 1.82) is 0 Å². The van der Waals surface area contributed by atoms with E-state index in [1.54, 1.807) is 19.2 Å². The molecule has 1 aromatic carbocycles. The van der Waals surface area contributed by atoms with Gasteiger partial charge in [0.25, 0.3) is 5.69 Å². The second kappa shape index (κ2) is 6.56. The number of hydrogen-bond acceptors (Lipinski definition) is 5. The number of nitrogens with zero attached hydrogens (tertiary/aromatic N) is 2. The molecule has 2 rings (SSSR count). The van der Waals surface area contributed by atoms with E-state index in [1.165, 1.54) is 6.07 Å². The summed E-state index contributed by atoms with van der Waals surface area (Å²) >= 11 is 0. The molecule has 0 radical (unpaired) electrons. The van der Waals surface area contributed by atoms with Gasteiger partial charge in [0.1, 0.15) is 11.4 Å². The van der Waals surface area contributed by atoms with Crippen LogP contribution in [0, 0.1) is 16.0 Å². The molecule has 1 saturated heterocycles. The topological polar surface area (TPSA) is 67.6 Å². The van der Waals surface area contributed by atoms with Crippen molar-refractivity contribution < 1.29 is 9.66 Å². The van der Waals surface area contributed by atoms with Crippen LogP contribution in [0.4, 0.5) is 11.4 Å². The van der Waals surface area contributed by atoms with Crippen LogP contribution < -0.4 is 10.1 Å². The van der Waals surface area contributed by atoms with E-state index < -0.39 is 0 Å². The van der Waals surface area contributed by atoms with Crippen LogP contribution in [-0.2, 0) is 0 Å². The Morgan fingerprint density at radius 1 is 1.55 bits per heavy atom. The zero-order valence-electron chi connectivity index (χ0n) is 12.0. The van der Waals surface area contributed by atoms with Gasteiger partial charge in [-0.3, -0.25) is 10.1 Å². The molecule has 6 nitrogen and oxygen atoms in total. The molecule has 0 aliphatic carbocycles. The van der Waals surface area contributed by atoms with E-state index in [-0.39, 0.29) is 10.6 Å². The van der Waals surface area contributed by atoms with E-state index >= 15 is 0 Å². The Kier molecular flexibility index (Phi) is 4.79. The van der Waals surface area contributed by atoms with Gasteiger partial charge in [-0.2, -0.15) is 0 Å². The average molecular weight is 279 g/mol. The first-order valence-electron chi connectivity index (χ1n) is 6.92. The summed E-state index contributed by atoms with van der Waals surface area (Å²) in [7, 11) is 1.56. The Labute approximate surface area is 118 Å². The zero-order valence-corrected chi connectivity index (χ0v) is 12.0. The first-order chi connectivity index (χ1) is 9.63. The number of methoxy groups -OCH3 is 1. The van der Waals surface area contributed by atoms with Gasteiger partial charge in [0.05, 0.1) is 12.0 Å². The van der Waals surface area contributed by atoms with Crippen LogP contribution in [-0.4, -0.2) is 43.1 Å². The zero-order chi connectivity index (χ0) is 14.5. The molecule has 1 fully saturated rings. The van der Waals surface area contributed by atoms with Gasteiger partial charge in [-0.05, 0) is 31.5 Å². The number of ether oxygens (including phenoxy) is 1. The van der Waals surface area contributed by atoms with Crippen molar-refractivity contribution in [2.45, 2.75) is 13.3 Å². The van der Waals surface area contributed by atoms with Crippen molar-refractivity contribution in [3.63, 3.8) is 0 Å². The lowest BCUT2D eigenvalue weighted by molar-refractivity contribution is -0.384. The summed E-state index contributed by atoms with van der Waals surface area (Å²) < 4.78 is 5.13. The maximum atomic E-state index is 11.0. The third-order valence-corrected chi connectivity index (χ3v) is 3.80. The Morgan fingerprint density at radius 3 is 2.95 bits per heavy atom. The van der Waals surface area contributed by atoms with E-state index in [0.717, 1.165) is 32.6 Å². The van der Waals surface area contributed by atoms with Crippen LogP contribution in [0.15, 0.2) is 18.2 Å². The molecule has 0 amide bonds. The summed E-state index contributed by atoms with van der Waals surface area (Å²) in [6.45, 7) is 6.15. The highest BCUT2D eigenvalue weighted by atomic mass is 16.6. The van der Waals surface area contributed by atoms with Crippen LogP contribution in [0.3, 0.4) is 0 Å². The molecule has 1 heterocycles. The van der Waals surface area contributed by atoms with Gasteiger partial charge in [0.2, 0.25) is 0 Å². The first-order valence-corrected chi connectivity index (χ1v) is 6.92. The molecule has 1 aliphatic heterocycles. The molecule has 1 aromatic rings. The summed E-state index contributed by atoms with van der Waals surface area (Å²) in [5.41, 5.74) is 0.625. The molecular weight excluding hydrogens is 258 g/mol. The molecule has 1 unspecified atom stereocenters. The summed E-state index contributed by atoms with van der Waals surface area (Å²) in [5, 5.41) is 14.2. The standard InChI is InChI=1S/C14H21N3O3/c1-3-16-7-6-11(10-16)9-15-13-8-12(20-2)4-5-14(13)17(18)19/h4-5,8,11,15H,3,6-7,9-10H2,1-2H3. The quantitative estimate of drug-likeness (QED) is 0.639. The van der Waals surface area contributed by atoms with Gasteiger partial charge >= 0.3 is 0 Å². The van der Waals surface area contributed by atoms with Gasteiger partial charge in [-0.25, -0.2) is 0 Å². The number of rotatable bonds is 6. The number of anilines is 1. The van der Waals surface area contributed by atoms with E-state index in [9.17, 15) is 10.1 Å². The second-order valence-electron chi connectivity index (χ2n) is 5.07. The van der Waals surface area contributed by atoms with Crippen molar-refractivity contribution in [3.8, 4) is 5.75 Å². The lowest BCUT2D eigenvalue weighted by atomic mass is 10.1. The van der Waals surface area contributed by atoms with Crippen molar-refractivity contribution in [2.75, 3.05) is 38.6 Å². The first kappa shape index (κ1) is 14.6. The minimum atomic E-state index is -0.366. The largest absolute Gasteiger partial charge is 0.497 e. The summed E-state index contributed by atoms with van der Waals surface area (Å²) in [6, 6.07) is 4.77. The van der Waals surface area contributed by atoms with E-state index in [0.29, 0.717) is 17.4 Å². The fourth-order valence-electron chi connectivity index (χ4n) is 2.56. The van der Waals surface area contributed by atoms with Crippen LogP contribution in [0.5, 0.6) is 5.75 Å². The lowest BCUT2D eigenvalue weighted by Crippen LogP contribution is -2.22. The Morgan fingerprint density at radius 2 is 2.35 bits per heavy atom. The third kappa shape index (κ3) is 3.39. The maximum Gasteiger partial charge on any atom is 0.292 e. The molecule has 0 bridgehead atoms. The number of nitrogens with one attached hydrogen (secondary N) is 1. The maximum absolute atomic E-state index is 11.0. The van der Waals surface area contributed by atoms with Crippen LogP contribution in [0.2, 0.25) is 0 Å². The highest BCUT2D eigenvalue weighted by Crippen LogP contribution is 2.29. The molecule has 0 saturated carbocycles. The van der Waals surface area contributed by atoms with Crippen LogP contribution >= 0.6 is 0 Å². The van der Waals surface area contributed by atoms with Gasteiger partial charge < -0.3 is 15.0 Å². The molecule has 1 aliphatic rings. The number of likely N-dealkylation sites (tertiary alicyclic amines) is 1. The minimum absolute atomic E-state index is 0.0937. The van der Waals surface area contributed by atoms with Crippen LogP contribution in [0.25, 0.3) is 0 Å². The number of benzene rings is 1. The molecule has 0 spiro atoms. The number of nitro benzene ring substituents is 1. The minimum Gasteiger partial charge on any atom is -0.497 e. The number of nitro groups is 1. The molecule has 110 valence electrons. The highest BCUT2D eigenvalue weighted by molar-refractivity contribution is 5.64. The highest BCUT2D eigenvalue weighted by Gasteiger charge is 2.22. The monoisotopic (exact) mass is 279 g/mol. The Balaban J connectivity index is 2.02. The number of hydrogen-bond donors (Lipinski definition) is 1. The summed E-state index contributed by atoms with van der Waals surface area (Å²) in [5.74, 6) is 1.17. The fourth-order valence-corrected chi connectivity index (χ4v) is 2.56. The van der Waals surface area contributed by atoms with E-state index in [2.05, 4.69) is 17.1 Å². The molecule has 1 atom stereocenters. The summed E-state index contributed by atoms with van der Waals surface area (Å²) in [4.78, 5) is 13.1. The van der Waals surface area contributed by atoms with Gasteiger partial charge in [-0.15, -0.1) is 0 Å². The van der Waals surface area contributed by atoms with Gasteiger partial charge in [0.15, 0.2) is 0 Å².